The Morgan fingerprint density at radius 3 is 2.88 bits per heavy atom. The van der Waals surface area contributed by atoms with Crippen LogP contribution in [0.3, 0.4) is 0 Å². The summed E-state index contributed by atoms with van der Waals surface area (Å²) in [6.07, 6.45) is 1.29. The van der Waals surface area contributed by atoms with Crippen LogP contribution in [-0.2, 0) is 11.3 Å². The Hall–Kier alpha value is -2.14. The van der Waals surface area contributed by atoms with Crippen molar-refractivity contribution in [2.24, 2.45) is 0 Å². The second kappa shape index (κ2) is 8.99. The van der Waals surface area contributed by atoms with Crippen LogP contribution in [0.15, 0.2) is 46.3 Å². The summed E-state index contributed by atoms with van der Waals surface area (Å²) in [6, 6.07) is 14.1. The van der Waals surface area contributed by atoms with Crippen molar-refractivity contribution in [1.82, 2.24) is 9.55 Å². The minimum absolute atomic E-state index is 0.0340. The van der Waals surface area contributed by atoms with Crippen LogP contribution >= 0.6 is 23.1 Å². The van der Waals surface area contributed by atoms with Crippen molar-refractivity contribution >= 4 is 33.3 Å². The summed E-state index contributed by atoms with van der Waals surface area (Å²) in [7, 11) is 1.62. The largest absolute Gasteiger partial charge is 0.383 e. The Labute approximate surface area is 160 Å². The third-order valence-electron chi connectivity index (χ3n) is 3.86. The van der Waals surface area contributed by atoms with E-state index in [2.05, 4.69) is 6.07 Å². The molecule has 0 radical (unpaired) electrons. The van der Waals surface area contributed by atoms with Gasteiger partial charge in [0.1, 0.15) is 4.83 Å². The topological polar surface area (TPSA) is 67.9 Å². The molecule has 0 unspecified atom stereocenters. The van der Waals surface area contributed by atoms with Gasteiger partial charge in [-0.15, -0.1) is 11.3 Å². The van der Waals surface area contributed by atoms with Gasteiger partial charge >= 0.3 is 0 Å². The van der Waals surface area contributed by atoms with Crippen molar-refractivity contribution in [1.29, 1.82) is 5.26 Å². The number of benzene rings is 1. The van der Waals surface area contributed by atoms with Crippen LogP contribution in [0.25, 0.3) is 20.7 Å². The van der Waals surface area contributed by atoms with Crippen LogP contribution in [0.2, 0.25) is 0 Å². The fourth-order valence-corrected chi connectivity index (χ4v) is 4.59. The normalized spacial score (nSPS) is 10.9. The molecule has 0 fully saturated rings. The maximum absolute atomic E-state index is 13.0. The molecule has 0 saturated heterocycles. The summed E-state index contributed by atoms with van der Waals surface area (Å²) in [5.41, 5.74) is 1.05. The molecular weight excluding hydrogens is 366 g/mol. The van der Waals surface area contributed by atoms with Crippen molar-refractivity contribution in [2.75, 3.05) is 19.5 Å². The van der Waals surface area contributed by atoms with E-state index in [0.717, 1.165) is 27.4 Å². The number of thiophene rings is 1. The number of hydrogen-bond donors (Lipinski definition) is 0. The third-order valence-corrected chi connectivity index (χ3v) is 6.00. The second-order valence-electron chi connectivity index (χ2n) is 5.65. The first kappa shape index (κ1) is 18.6. The number of nitrogens with zero attached hydrogens (tertiary/aromatic N) is 3. The summed E-state index contributed by atoms with van der Waals surface area (Å²) >= 11 is 3.06. The zero-order valence-electron chi connectivity index (χ0n) is 14.5. The number of thioether (sulfide) groups is 1. The molecule has 2 heterocycles. The van der Waals surface area contributed by atoms with Gasteiger partial charge in [0.2, 0.25) is 0 Å². The van der Waals surface area contributed by atoms with Crippen molar-refractivity contribution in [3.05, 3.63) is 46.8 Å². The third kappa shape index (κ3) is 4.15. The molecule has 0 N–H and O–H groups in total. The van der Waals surface area contributed by atoms with Gasteiger partial charge < -0.3 is 4.74 Å². The van der Waals surface area contributed by atoms with Gasteiger partial charge in [-0.25, -0.2) is 4.98 Å². The number of fused-ring (bicyclic) bond motifs is 1. The molecule has 0 bridgehead atoms. The molecule has 5 nitrogen and oxygen atoms in total. The lowest BCUT2D eigenvalue weighted by atomic mass is 10.2. The zero-order valence-corrected chi connectivity index (χ0v) is 16.1. The Kier molecular flexibility index (Phi) is 6.45. The summed E-state index contributed by atoms with van der Waals surface area (Å²) in [5.74, 6) is 0.759. The number of ether oxygens (including phenoxy) is 1. The molecule has 2 aromatic heterocycles. The van der Waals surface area contributed by atoms with E-state index in [0.29, 0.717) is 30.1 Å². The average molecular weight is 386 g/mol. The number of aromatic nitrogens is 2. The molecule has 0 amide bonds. The van der Waals surface area contributed by atoms with Crippen molar-refractivity contribution in [2.45, 2.75) is 24.5 Å². The minimum atomic E-state index is -0.0340. The minimum Gasteiger partial charge on any atom is -0.383 e. The molecule has 0 aliphatic rings. The molecule has 0 aliphatic carbocycles. The van der Waals surface area contributed by atoms with Crippen molar-refractivity contribution in [3.8, 4) is 16.5 Å². The molecule has 3 rings (SSSR count). The van der Waals surface area contributed by atoms with Crippen LogP contribution in [0.4, 0.5) is 0 Å². The Balaban J connectivity index is 2.01. The highest BCUT2D eigenvalue weighted by molar-refractivity contribution is 7.99. The molecular formula is C19H19N3O2S2. The maximum atomic E-state index is 13.0. The standard InChI is InChI=1S/C19H19N3O2S2/c1-24-11-10-22-18(23)15-13-16(14-7-3-2-4-8-14)26-17(15)21-19(22)25-12-6-5-9-20/h2-4,7-8,13H,5-6,10-12H2,1H3. The predicted octanol–water partition coefficient (Wildman–Crippen LogP) is 4.17. The zero-order chi connectivity index (χ0) is 18.4. The lowest BCUT2D eigenvalue weighted by Crippen LogP contribution is -2.24. The molecule has 26 heavy (non-hydrogen) atoms. The molecule has 3 aromatic rings. The van der Waals surface area contributed by atoms with E-state index in [4.69, 9.17) is 15.0 Å². The first-order chi connectivity index (χ1) is 12.7. The lowest BCUT2D eigenvalue weighted by molar-refractivity contribution is 0.183. The van der Waals surface area contributed by atoms with E-state index in [-0.39, 0.29) is 5.56 Å². The summed E-state index contributed by atoms with van der Waals surface area (Å²) < 4.78 is 6.83. The molecule has 7 heteroatoms. The van der Waals surface area contributed by atoms with Crippen molar-refractivity contribution < 1.29 is 4.74 Å². The maximum Gasteiger partial charge on any atom is 0.263 e. The molecule has 134 valence electrons. The van der Waals surface area contributed by atoms with Crippen LogP contribution in [0.5, 0.6) is 0 Å². The SMILES string of the molecule is COCCn1c(SCCCC#N)nc2sc(-c3ccccc3)cc2c1=O. The Morgan fingerprint density at radius 2 is 2.15 bits per heavy atom. The second-order valence-corrected chi connectivity index (χ2v) is 7.74. The monoisotopic (exact) mass is 385 g/mol. The van der Waals surface area contributed by atoms with E-state index in [9.17, 15) is 4.79 Å². The summed E-state index contributed by atoms with van der Waals surface area (Å²) in [4.78, 5) is 19.5. The van der Waals surface area contributed by atoms with Gasteiger partial charge in [-0.2, -0.15) is 5.26 Å². The van der Waals surface area contributed by atoms with E-state index in [1.54, 1.807) is 11.7 Å². The van der Waals surface area contributed by atoms with Gasteiger partial charge in [0, 0.05) is 24.2 Å². The fraction of sp³-hybridized carbons (Fsp3) is 0.316. The quantitative estimate of drug-likeness (QED) is 0.331. The lowest BCUT2D eigenvalue weighted by Gasteiger charge is -2.11. The molecule has 1 aromatic carbocycles. The highest BCUT2D eigenvalue weighted by Crippen LogP contribution is 2.32. The van der Waals surface area contributed by atoms with Crippen LogP contribution in [-0.4, -0.2) is 29.0 Å². The van der Waals surface area contributed by atoms with Gasteiger partial charge in [0.25, 0.3) is 5.56 Å². The summed E-state index contributed by atoms with van der Waals surface area (Å²) in [5, 5.41) is 10.0. The number of hydrogen-bond acceptors (Lipinski definition) is 6. The molecule has 0 atom stereocenters. The molecule has 0 saturated carbocycles. The molecule has 0 spiro atoms. The number of nitriles is 1. The van der Waals surface area contributed by atoms with E-state index >= 15 is 0 Å². The van der Waals surface area contributed by atoms with Gasteiger partial charge in [-0.3, -0.25) is 9.36 Å². The highest BCUT2D eigenvalue weighted by atomic mass is 32.2. The van der Waals surface area contributed by atoms with Crippen LogP contribution in [0.1, 0.15) is 12.8 Å². The first-order valence-corrected chi connectivity index (χ1v) is 10.1. The van der Waals surface area contributed by atoms with Crippen molar-refractivity contribution in [3.63, 3.8) is 0 Å². The van der Waals surface area contributed by atoms with Gasteiger partial charge in [-0.1, -0.05) is 42.1 Å². The fourth-order valence-electron chi connectivity index (χ4n) is 2.55. The van der Waals surface area contributed by atoms with E-state index < -0.39 is 0 Å². The first-order valence-electron chi connectivity index (χ1n) is 8.33. The van der Waals surface area contributed by atoms with E-state index in [1.807, 2.05) is 36.4 Å². The smallest absolute Gasteiger partial charge is 0.263 e. The number of rotatable bonds is 8. The average Bonchev–Trinajstić information content (AvgIpc) is 3.10. The van der Waals surface area contributed by atoms with Crippen LogP contribution in [0, 0.1) is 11.3 Å². The number of unbranched alkanes of at least 4 members (excludes halogenated alkanes) is 1. The van der Waals surface area contributed by atoms with Gasteiger partial charge in [0.15, 0.2) is 5.16 Å². The van der Waals surface area contributed by atoms with Gasteiger partial charge in [0.05, 0.1) is 24.6 Å². The summed E-state index contributed by atoms with van der Waals surface area (Å²) in [6.45, 7) is 0.921. The number of methoxy groups -OCH3 is 1. The van der Waals surface area contributed by atoms with Gasteiger partial charge in [-0.05, 0) is 18.1 Å². The Bertz CT molecular complexity index is 974. The molecule has 0 aliphatic heterocycles. The van der Waals surface area contributed by atoms with E-state index in [1.165, 1.54) is 23.1 Å². The predicted molar refractivity (Wildman–Crippen MR) is 107 cm³/mol. The Morgan fingerprint density at radius 1 is 1.35 bits per heavy atom. The highest BCUT2D eigenvalue weighted by Gasteiger charge is 2.15. The van der Waals surface area contributed by atoms with Crippen LogP contribution < -0.4 is 5.56 Å².